The highest BCUT2D eigenvalue weighted by Crippen LogP contribution is 2.21. The molecule has 4 aromatic heterocycles. The van der Waals surface area contributed by atoms with Crippen LogP contribution >= 0.6 is 0 Å². The molecular weight excluding hydrogens is 228 g/mol. The van der Waals surface area contributed by atoms with Crippen molar-refractivity contribution in [3.8, 4) is 0 Å². The van der Waals surface area contributed by atoms with Gasteiger partial charge in [0.25, 0.3) is 0 Å². The first-order valence-corrected chi connectivity index (χ1v) is 5.46. The highest BCUT2D eigenvalue weighted by molar-refractivity contribution is 5.91. The van der Waals surface area contributed by atoms with Crippen molar-refractivity contribution < 1.29 is 0 Å². The van der Waals surface area contributed by atoms with Crippen molar-refractivity contribution in [2.45, 2.75) is 0 Å². The van der Waals surface area contributed by atoms with Crippen LogP contribution < -0.4 is 5.73 Å². The number of nitrogens with zero attached hydrogens (tertiary/aromatic N) is 5. The van der Waals surface area contributed by atoms with Crippen molar-refractivity contribution in [3.05, 3.63) is 36.9 Å². The molecule has 2 N–H and O–H groups in total. The lowest BCUT2D eigenvalue weighted by Gasteiger charge is -1.97. The van der Waals surface area contributed by atoms with E-state index in [1.807, 2.05) is 16.5 Å². The van der Waals surface area contributed by atoms with E-state index in [2.05, 4.69) is 19.9 Å². The van der Waals surface area contributed by atoms with Gasteiger partial charge >= 0.3 is 0 Å². The number of hydrogen-bond acceptors (Lipinski definition) is 5. The minimum atomic E-state index is 0.401. The summed E-state index contributed by atoms with van der Waals surface area (Å²) < 4.78 is 1.84. The Labute approximate surface area is 101 Å². The first-order chi connectivity index (χ1) is 8.83. The molecule has 18 heavy (non-hydrogen) atoms. The van der Waals surface area contributed by atoms with Crippen LogP contribution in [0.4, 0.5) is 5.82 Å². The normalized spacial score (nSPS) is 11.6. The molecule has 6 nitrogen and oxygen atoms in total. The summed E-state index contributed by atoms with van der Waals surface area (Å²) in [4.78, 5) is 17.1. The molecule has 6 heteroatoms. The summed E-state index contributed by atoms with van der Waals surface area (Å²) in [5.74, 6) is 0.401. The van der Waals surface area contributed by atoms with Crippen molar-refractivity contribution in [3.63, 3.8) is 0 Å². The molecule has 4 aromatic rings. The summed E-state index contributed by atoms with van der Waals surface area (Å²) in [6.07, 6.45) is 6.91. The number of nitrogen functional groups attached to an aromatic ring is 1. The van der Waals surface area contributed by atoms with Crippen LogP contribution in [0.5, 0.6) is 0 Å². The molecule has 0 aliphatic rings. The Morgan fingerprint density at radius 1 is 1.06 bits per heavy atom. The van der Waals surface area contributed by atoms with Gasteiger partial charge in [-0.1, -0.05) is 0 Å². The van der Waals surface area contributed by atoms with Crippen molar-refractivity contribution in [1.29, 1.82) is 0 Å². The standard InChI is InChI=1S/C12H8N6/c13-10-12-16-8-5-7-1-2-14-6-9(7)17-11(8)18(12)4-3-15-10/h1-6H,(H2,13,15). The first-order valence-electron chi connectivity index (χ1n) is 5.46. The molecule has 0 bridgehead atoms. The molecular formula is C12H8N6. The van der Waals surface area contributed by atoms with Gasteiger partial charge in [0.2, 0.25) is 0 Å². The molecule has 0 spiro atoms. The summed E-state index contributed by atoms with van der Waals surface area (Å²) >= 11 is 0. The predicted molar refractivity (Wildman–Crippen MR) is 68.0 cm³/mol. The van der Waals surface area contributed by atoms with Crippen LogP contribution in [0.3, 0.4) is 0 Å². The summed E-state index contributed by atoms with van der Waals surface area (Å²) in [5.41, 5.74) is 8.84. The van der Waals surface area contributed by atoms with Crippen molar-refractivity contribution in [1.82, 2.24) is 24.3 Å². The molecule has 4 rings (SSSR count). The smallest absolute Gasteiger partial charge is 0.182 e. The molecule has 0 saturated carbocycles. The fourth-order valence-electron chi connectivity index (χ4n) is 2.08. The van der Waals surface area contributed by atoms with E-state index in [0.29, 0.717) is 11.5 Å². The number of imidazole rings is 1. The second-order valence-corrected chi connectivity index (χ2v) is 4.02. The lowest BCUT2D eigenvalue weighted by atomic mass is 10.2. The van der Waals surface area contributed by atoms with Crippen LogP contribution in [0.1, 0.15) is 0 Å². The van der Waals surface area contributed by atoms with Crippen LogP contribution in [-0.4, -0.2) is 24.3 Å². The monoisotopic (exact) mass is 236 g/mol. The molecule has 0 radical (unpaired) electrons. The molecule has 4 heterocycles. The Balaban J connectivity index is 2.27. The van der Waals surface area contributed by atoms with E-state index >= 15 is 0 Å². The van der Waals surface area contributed by atoms with E-state index in [4.69, 9.17) is 5.73 Å². The van der Waals surface area contributed by atoms with Crippen LogP contribution in [0.2, 0.25) is 0 Å². The summed E-state index contributed by atoms with van der Waals surface area (Å²) in [6, 6.07) is 3.89. The van der Waals surface area contributed by atoms with Gasteiger partial charge in [-0.15, -0.1) is 0 Å². The third kappa shape index (κ3) is 1.11. The molecule has 0 aromatic carbocycles. The van der Waals surface area contributed by atoms with Crippen LogP contribution in [0.15, 0.2) is 36.9 Å². The summed E-state index contributed by atoms with van der Waals surface area (Å²) in [6.45, 7) is 0. The maximum absolute atomic E-state index is 5.81. The summed E-state index contributed by atoms with van der Waals surface area (Å²) in [7, 11) is 0. The van der Waals surface area contributed by atoms with Gasteiger partial charge in [-0.05, 0) is 12.1 Å². The van der Waals surface area contributed by atoms with Crippen molar-refractivity contribution >= 4 is 33.5 Å². The number of fused-ring (bicyclic) bond motifs is 4. The quantitative estimate of drug-likeness (QED) is 0.499. The number of aromatic nitrogens is 5. The molecule has 86 valence electrons. The minimum Gasteiger partial charge on any atom is -0.381 e. The summed E-state index contributed by atoms with van der Waals surface area (Å²) in [5, 5.41) is 1.01. The lowest BCUT2D eigenvalue weighted by Crippen LogP contribution is -1.95. The Kier molecular flexibility index (Phi) is 1.62. The molecule has 0 atom stereocenters. The fourth-order valence-corrected chi connectivity index (χ4v) is 2.08. The van der Waals surface area contributed by atoms with E-state index in [0.717, 1.165) is 22.1 Å². The third-order valence-corrected chi connectivity index (χ3v) is 2.92. The maximum atomic E-state index is 5.81. The van der Waals surface area contributed by atoms with Gasteiger partial charge in [0.15, 0.2) is 17.1 Å². The van der Waals surface area contributed by atoms with Gasteiger partial charge in [0, 0.05) is 24.0 Å². The van der Waals surface area contributed by atoms with Gasteiger partial charge < -0.3 is 5.73 Å². The van der Waals surface area contributed by atoms with E-state index < -0.39 is 0 Å². The van der Waals surface area contributed by atoms with Gasteiger partial charge in [0.05, 0.1) is 11.7 Å². The Hall–Kier alpha value is -2.76. The molecule has 0 aliphatic carbocycles. The van der Waals surface area contributed by atoms with Crippen LogP contribution in [0.25, 0.3) is 27.7 Å². The zero-order valence-electron chi connectivity index (χ0n) is 9.28. The van der Waals surface area contributed by atoms with Gasteiger partial charge in [-0.25, -0.2) is 15.0 Å². The highest BCUT2D eigenvalue weighted by atomic mass is 15.1. The largest absolute Gasteiger partial charge is 0.381 e. The topological polar surface area (TPSA) is 82.0 Å². The molecule has 0 aliphatic heterocycles. The van der Waals surface area contributed by atoms with Gasteiger partial charge in [-0.3, -0.25) is 9.38 Å². The average Bonchev–Trinajstić information content (AvgIpc) is 2.76. The Morgan fingerprint density at radius 2 is 1.94 bits per heavy atom. The minimum absolute atomic E-state index is 0.401. The van der Waals surface area contributed by atoms with Crippen LogP contribution in [0, 0.1) is 0 Å². The second kappa shape index (κ2) is 3.13. The van der Waals surface area contributed by atoms with E-state index in [1.165, 1.54) is 0 Å². The van der Waals surface area contributed by atoms with E-state index in [1.54, 1.807) is 24.8 Å². The molecule has 0 saturated heterocycles. The zero-order chi connectivity index (χ0) is 12.1. The lowest BCUT2D eigenvalue weighted by molar-refractivity contribution is 1.14. The number of anilines is 1. The fraction of sp³-hybridized carbons (Fsp3) is 0. The SMILES string of the molecule is Nc1nccn2c1nc1cc3ccncc3nc12. The van der Waals surface area contributed by atoms with Crippen molar-refractivity contribution in [2.75, 3.05) is 5.73 Å². The average molecular weight is 236 g/mol. The van der Waals surface area contributed by atoms with Crippen LogP contribution in [-0.2, 0) is 0 Å². The third-order valence-electron chi connectivity index (χ3n) is 2.92. The maximum Gasteiger partial charge on any atom is 0.182 e. The first kappa shape index (κ1) is 9.29. The Morgan fingerprint density at radius 3 is 2.89 bits per heavy atom. The highest BCUT2D eigenvalue weighted by Gasteiger charge is 2.09. The Bertz CT molecular complexity index is 895. The predicted octanol–water partition coefficient (Wildman–Crippen LogP) is 1.41. The molecule has 0 amide bonds. The van der Waals surface area contributed by atoms with Gasteiger partial charge in [0.1, 0.15) is 5.52 Å². The number of pyridine rings is 2. The zero-order valence-corrected chi connectivity index (χ0v) is 9.28. The number of hydrogen-bond donors (Lipinski definition) is 1. The number of nitrogens with two attached hydrogens (primary N) is 1. The van der Waals surface area contributed by atoms with E-state index in [9.17, 15) is 0 Å². The van der Waals surface area contributed by atoms with Gasteiger partial charge in [-0.2, -0.15) is 0 Å². The van der Waals surface area contributed by atoms with E-state index in [-0.39, 0.29) is 0 Å². The number of rotatable bonds is 0. The second-order valence-electron chi connectivity index (χ2n) is 4.02. The molecule has 0 unspecified atom stereocenters. The van der Waals surface area contributed by atoms with Crippen molar-refractivity contribution in [2.24, 2.45) is 0 Å². The molecule has 0 fully saturated rings.